The predicted molar refractivity (Wildman–Crippen MR) is 103 cm³/mol. The van der Waals surface area contributed by atoms with Gasteiger partial charge in [-0.2, -0.15) is 0 Å². The first-order valence-corrected chi connectivity index (χ1v) is 10.1. The number of piperidine rings is 1. The fourth-order valence-corrected chi connectivity index (χ4v) is 4.89. The van der Waals surface area contributed by atoms with Crippen molar-refractivity contribution in [2.45, 2.75) is 64.0 Å². The number of aromatic nitrogens is 1. The Kier molecular flexibility index (Phi) is 4.93. The Balaban J connectivity index is 1.49. The summed E-state index contributed by atoms with van der Waals surface area (Å²) in [6.07, 6.45) is 6.55. The summed E-state index contributed by atoms with van der Waals surface area (Å²) < 4.78 is 1.80. The minimum absolute atomic E-state index is 0.0955. The number of amides is 3. The molecule has 3 aliphatic rings. The monoisotopic (exact) mass is 372 g/mol. The molecule has 0 aromatic carbocycles. The largest absolute Gasteiger partial charge is 0.342 e. The van der Waals surface area contributed by atoms with Crippen LogP contribution in [0, 0.1) is 5.92 Å². The fraction of sp³-hybridized carbons (Fsp3) is 0.650. The number of likely N-dealkylation sites (tertiary alicyclic amines) is 1. The zero-order chi connectivity index (χ0) is 19.0. The molecule has 0 radical (unpaired) electrons. The number of fused-ring (bicyclic) bond motifs is 4. The van der Waals surface area contributed by atoms with Gasteiger partial charge in [-0.25, -0.2) is 4.79 Å². The highest BCUT2D eigenvalue weighted by atomic mass is 16.2. The molecule has 3 heterocycles. The van der Waals surface area contributed by atoms with E-state index in [1.807, 2.05) is 11.0 Å². The average Bonchev–Trinajstić information content (AvgIpc) is 2.65. The van der Waals surface area contributed by atoms with Crippen LogP contribution in [-0.4, -0.2) is 40.5 Å². The van der Waals surface area contributed by atoms with Crippen LogP contribution in [0.2, 0.25) is 0 Å². The number of pyridine rings is 1. The number of urea groups is 1. The summed E-state index contributed by atoms with van der Waals surface area (Å²) in [5, 5.41) is 5.74. The second-order valence-electron chi connectivity index (χ2n) is 8.24. The number of hydrogen-bond acceptors (Lipinski definition) is 3. The van der Waals surface area contributed by atoms with Crippen LogP contribution in [-0.2, 0) is 11.3 Å². The second kappa shape index (κ2) is 7.37. The van der Waals surface area contributed by atoms with E-state index in [9.17, 15) is 14.4 Å². The van der Waals surface area contributed by atoms with Crippen LogP contribution in [0.15, 0.2) is 16.9 Å². The van der Waals surface area contributed by atoms with Gasteiger partial charge in [0, 0.05) is 44.2 Å². The molecule has 1 aromatic rings. The van der Waals surface area contributed by atoms with Crippen molar-refractivity contribution in [3.8, 4) is 0 Å². The summed E-state index contributed by atoms with van der Waals surface area (Å²) in [5.41, 5.74) is 1.16. The third kappa shape index (κ3) is 3.73. The summed E-state index contributed by atoms with van der Waals surface area (Å²) in [7, 11) is 0. The van der Waals surface area contributed by atoms with Crippen molar-refractivity contribution < 1.29 is 9.59 Å². The molecule has 2 N–H and O–H groups in total. The van der Waals surface area contributed by atoms with Crippen LogP contribution in [0.25, 0.3) is 0 Å². The normalized spacial score (nSPS) is 24.9. The first-order valence-electron chi connectivity index (χ1n) is 10.1. The third-order valence-electron chi connectivity index (χ3n) is 6.24. The number of carbonyl (C=O) groups excluding carboxylic acids is 2. The Morgan fingerprint density at radius 1 is 1.07 bits per heavy atom. The van der Waals surface area contributed by atoms with Gasteiger partial charge in [0.15, 0.2) is 0 Å². The number of hydrogen-bond donors (Lipinski definition) is 2. The van der Waals surface area contributed by atoms with Gasteiger partial charge in [-0.15, -0.1) is 0 Å². The van der Waals surface area contributed by atoms with Gasteiger partial charge in [0.05, 0.1) is 0 Å². The SMILES string of the molecule is CC(=O)N1CC2CC(C1)c1ccc(NC(=O)NC3CCCCC3)c(=O)n1C2. The molecule has 1 aromatic heterocycles. The minimum atomic E-state index is -0.293. The lowest BCUT2D eigenvalue weighted by molar-refractivity contribution is -0.131. The maximum Gasteiger partial charge on any atom is 0.319 e. The molecule has 4 rings (SSSR count). The molecule has 0 spiro atoms. The number of carbonyl (C=O) groups is 2. The van der Waals surface area contributed by atoms with Gasteiger partial charge < -0.3 is 20.1 Å². The lowest BCUT2D eigenvalue weighted by Gasteiger charge is -2.42. The number of rotatable bonds is 2. The highest BCUT2D eigenvalue weighted by molar-refractivity contribution is 5.89. The zero-order valence-electron chi connectivity index (χ0n) is 15.9. The van der Waals surface area contributed by atoms with E-state index < -0.39 is 0 Å². The van der Waals surface area contributed by atoms with Gasteiger partial charge in [-0.05, 0) is 37.3 Å². The van der Waals surface area contributed by atoms with E-state index >= 15 is 0 Å². The number of anilines is 1. The van der Waals surface area contributed by atoms with Crippen LogP contribution in [0.3, 0.4) is 0 Å². The first-order chi connectivity index (χ1) is 13.0. The topological polar surface area (TPSA) is 83.4 Å². The molecule has 146 valence electrons. The molecule has 2 fully saturated rings. The maximum absolute atomic E-state index is 12.9. The lowest BCUT2D eigenvalue weighted by atomic mass is 9.83. The van der Waals surface area contributed by atoms with Crippen molar-refractivity contribution >= 4 is 17.6 Å². The highest BCUT2D eigenvalue weighted by Gasteiger charge is 2.35. The molecule has 2 atom stereocenters. The van der Waals surface area contributed by atoms with Gasteiger partial charge in [-0.3, -0.25) is 9.59 Å². The van der Waals surface area contributed by atoms with Crippen molar-refractivity contribution in [2.24, 2.45) is 5.92 Å². The van der Waals surface area contributed by atoms with E-state index in [2.05, 4.69) is 10.6 Å². The molecule has 1 saturated carbocycles. The maximum atomic E-state index is 12.9. The van der Waals surface area contributed by atoms with Gasteiger partial charge in [-0.1, -0.05) is 19.3 Å². The molecular formula is C20H28N4O3. The molecule has 7 nitrogen and oxygen atoms in total. The summed E-state index contributed by atoms with van der Waals surface area (Å²) in [6, 6.07) is 3.55. The number of nitrogens with zero attached hydrogens (tertiary/aromatic N) is 2. The van der Waals surface area contributed by atoms with Crippen molar-refractivity contribution in [1.82, 2.24) is 14.8 Å². The average molecular weight is 372 g/mol. The van der Waals surface area contributed by atoms with Gasteiger partial charge in [0.2, 0.25) is 5.91 Å². The number of nitrogens with one attached hydrogen (secondary N) is 2. The van der Waals surface area contributed by atoms with Gasteiger partial charge >= 0.3 is 6.03 Å². The molecule has 27 heavy (non-hydrogen) atoms. The van der Waals surface area contributed by atoms with Crippen LogP contribution >= 0.6 is 0 Å². The molecule has 1 saturated heterocycles. The third-order valence-corrected chi connectivity index (χ3v) is 6.24. The predicted octanol–water partition coefficient (Wildman–Crippen LogP) is 2.27. The summed E-state index contributed by atoms with van der Waals surface area (Å²) in [5.74, 6) is 0.585. The minimum Gasteiger partial charge on any atom is -0.342 e. The summed E-state index contributed by atoms with van der Waals surface area (Å²) >= 11 is 0. The fourth-order valence-electron chi connectivity index (χ4n) is 4.89. The summed E-state index contributed by atoms with van der Waals surface area (Å²) in [6.45, 7) is 3.58. The molecule has 7 heteroatoms. The second-order valence-corrected chi connectivity index (χ2v) is 8.24. The van der Waals surface area contributed by atoms with Gasteiger partial charge in [0.1, 0.15) is 5.69 Å². The van der Waals surface area contributed by atoms with E-state index in [4.69, 9.17) is 0 Å². The molecule has 2 unspecified atom stereocenters. The molecule has 2 bridgehead atoms. The van der Waals surface area contributed by atoms with E-state index in [0.29, 0.717) is 31.2 Å². The van der Waals surface area contributed by atoms with E-state index in [1.54, 1.807) is 17.6 Å². The smallest absolute Gasteiger partial charge is 0.319 e. The van der Waals surface area contributed by atoms with E-state index in [0.717, 1.165) is 37.8 Å². The Labute approximate surface area is 159 Å². The lowest BCUT2D eigenvalue weighted by Crippen LogP contribution is -2.49. The van der Waals surface area contributed by atoms with Crippen molar-refractivity contribution in [3.63, 3.8) is 0 Å². The highest BCUT2D eigenvalue weighted by Crippen LogP contribution is 2.35. The van der Waals surface area contributed by atoms with Crippen LogP contribution in [0.4, 0.5) is 10.5 Å². The van der Waals surface area contributed by atoms with Crippen LogP contribution in [0.1, 0.15) is 57.1 Å². The van der Waals surface area contributed by atoms with Crippen molar-refractivity contribution in [3.05, 3.63) is 28.2 Å². The van der Waals surface area contributed by atoms with Crippen molar-refractivity contribution in [2.75, 3.05) is 18.4 Å². The first kappa shape index (κ1) is 18.1. The summed E-state index contributed by atoms with van der Waals surface area (Å²) in [4.78, 5) is 38.9. The Morgan fingerprint density at radius 3 is 2.59 bits per heavy atom. The van der Waals surface area contributed by atoms with E-state index in [1.165, 1.54) is 6.42 Å². The van der Waals surface area contributed by atoms with Crippen LogP contribution < -0.4 is 16.2 Å². The Morgan fingerprint density at radius 2 is 1.85 bits per heavy atom. The quantitative estimate of drug-likeness (QED) is 0.835. The molecular weight excluding hydrogens is 344 g/mol. The molecule has 1 aliphatic carbocycles. The molecule has 2 aliphatic heterocycles. The Bertz CT molecular complexity index is 797. The van der Waals surface area contributed by atoms with Crippen LogP contribution in [0.5, 0.6) is 0 Å². The molecule has 3 amide bonds. The zero-order valence-corrected chi connectivity index (χ0v) is 15.9. The Hall–Kier alpha value is -2.31. The van der Waals surface area contributed by atoms with Crippen molar-refractivity contribution in [1.29, 1.82) is 0 Å². The standard InChI is InChI=1S/C20H28N4O3/c1-13(25)23-10-14-9-15(12-23)18-8-7-17(19(26)24(18)11-14)22-20(27)21-16-5-3-2-4-6-16/h7-8,14-16H,2-6,9-12H2,1H3,(H2,21,22,27). The van der Waals surface area contributed by atoms with E-state index in [-0.39, 0.29) is 29.5 Å². The van der Waals surface area contributed by atoms with Gasteiger partial charge in [0.25, 0.3) is 5.56 Å².